The molecule has 1 aliphatic heterocycles. The van der Waals surface area contributed by atoms with Gasteiger partial charge in [0, 0.05) is 12.1 Å². The van der Waals surface area contributed by atoms with E-state index in [0.29, 0.717) is 5.56 Å². The van der Waals surface area contributed by atoms with Crippen LogP contribution in [0.3, 0.4) is 0 Å². The Hall–Kier alpha value is -1.35. The van der Waals surface area contributed by atoms with Crippen molar-refractivity contribution in [3.8, 4) is 0 Å². The standard InChI is InChI=1S/C14H20N2O/c1-11-5-7-16(8-6-11)10-12-3-2-4-13(9-12)14(15)17/h2-4,9,11H,5-8,10H2,1H3,(H2,15,17). The SMILES string of the molecule is CC1CCN(Cc2cccc(C(N)=O)c2)CC1. The number of hydrogen-bond donors (Lipinski definition) is 1. The van der Waals surface area contributed by atoms with Crippen LogP contribution >= 0.6 is 0 Å². The maximum absolute atomic E-state index is 11.1. The fourth-order valence-electron chi connectivity index (χ4n) is 2.30. The van der Waals surface area contributed by atoms with Gasteiger partial charge in [-0.25, -0.2) is 0 Å². The molecule has 0 aliphatic carbocycles. The van der Waals surface area contributed by atoms with Gasteiger partial charge in [-0.2, -0.15) is 0 Å². The summed E-state index contributed by atoms with van der Waals surface area (Å²) in [5, 5.41) is 0. The highest BCUT2D eigenvalue weighted by Crippen LogP contribution is 2.18. The first-order valence-electron chi connectivity index (χ1n) is 6.26. The van der Waals surface area contributed by atoms with Gasteiger partial charge in [-0.1, -0.05) is 19.1 Å². The maximum Gasteiger partial charge on any atom is 0.248 e. The topological polar surface area (TPSA) is 46.3 Å². The van der Waals surface area contributed by atoms with Crippen LogP contribution in [0.4, 0.5) is 0 Å². The molecule has 0 radical (unpaired) electrons. The second-order valence-electron chi connectivity index (χ2n) is 5.02. The van der Waals surface area contributed by atoms with Gasteiger partial charge >= 0.3 is 0 Å². The lowest BCUT2D eigenvalue weighted by atomic mass is 9.98. The number of amides is 1. The van der Waals surface area contributed by atoms with Crippen LogP contribution in [0.15, 0.2) is 24.3 Å². The molecule has 0 atom stereocenters. The second kappa shape index (κ2) is 5.32. The molecule has 1 fully saturated rings. The van der Waals surface area contributed by atoms with Crippen LogP contribution in [-0.2, 0) is 6.54 Å². The van der Waals surface area contributed by atoms with E-state index in [0.717, 1.165) is 25.6 Å². The van der Waals surface area contributed by atoms with E-state index < -0.39 is 0 Å². The average molecular weight is 232 g/mol. The average Bonchev–Trinajstić information content (AvgIpc) is 2.32. The highest BCUT2D eigenvalue weighted by molar-refractivity contribution is 5.92. The third-order valence-corrected chi connectivity index (χ3v) is 3.49. The summed E-state index contributed by atoms with van der Waals surface area (Å²) < 4.78 is 0. The van der Waals surface area contributed by atoms with Gasteiger partial charge in [0.15, 0.2) is 0 Å². The number of carbonyl (C=O) groups is 1. The van der Waals surface area contributed by atoms with Gasteiger partial charge in [0.2, 0.25) is 5.91 Å². The molecule has 17 heavy (non-hydrogen) atoms. The van der Waals surface area contributed by atoms with Crippen molar-refractivity contribution < 1.29 is 4.79 Å². The quantitative estimate of drug-likeness (QED) is 0.866. The molecule has 1 aliphatic rings. The van der Waals surface area contributed by atoms with Gasteiger partial charge in [0.1, 0.15) is 0 Å². The summed E-state index contributed by atoms with van der Waals surface area (Å²) >= 11 is 0. The van der Waals surface area contributed by atoms with E-state index in [9.17, 15) is 4.79 Å². The van der Waals surface area contributed by atoms with Crippen molar-refractivity contribution >= 4 is 5.91 Å². The monoisotopic (exact) mass is 232 g/mol. The van der Waals surface area contributed by atoms with E-state index >= 15 is 0 Å². The Morgan fingerprint density at radius 1 is 1.41 bits per heavy atom. The molecule has 0 unspecified atom stereocenters. The van der Waals surface area contributed by atoms with Crippen molar-refractivity contribution in [1.82, 2.24) is 4.90 Å². The van der Waals surface area contributed by atoms with Crippen molar-refractivity contribution in [1.29, 1.82) is 0 Å². The number of nitrogens with two attached hydrogens (primary N) is 1. The minimum atomic E-state index is -0.348. The van der Waals surface area contributed by atoms with Crippen molar-refractivity contribution in [3.05, 3.63) is 35.4 Å². The molecule has 0 aromatic heterocycles. The van der Waals surface area contributed by atoms with Crippen LogP contribution in [0.2, 0.25) is 0 Å². The van der Waals surface area contributed by atoms with E-state index in [2.05, 4.69) is 17.9 Å². The number of benzene rings is 1. The van der Waals surface area contributed by atoms with Crippen molar-refractivity contribution in [2.45, 2.75) is 26.3 Å². The van der Waals surface area contributed by atoms with Crippen LogP contribution in [0, 0.1) is 5.92 Å². The fourth-order valence-corrected chi connectivity index (χ4v) is 2.30. The molecule has 92 valence electrons. The summed E-state index contributed by atoms with van der Waals surface area (Å²) in [7, 11) is 0. The minimum absolute atomic E-state index is 0.348. The highest BCUT2D eigenvalue weighted by Gasteiger charge is 2.15. The molecule has 1 aromatic carbocycles. The molecule has 0 saturated carbocycles. The van der Waals surface area contributed by atoms with Crippen LogP contribution in [0.5, 0.6) is 0 Å². The molecule has 1 amide bonds. The smallest absolute Gasteiger partial charge is 0.248 e. The number of hydrogen-bond acceptors (Lipinski definition) is 2. The third-order valence-electron chi connectivity index (χ3n) is 3.49. The lowest BCUT2D eigenvalue weighted by Gasteiger charge is -2.30. The zero-order valence-corrected chi connectivity index (χ0v) is 10.4. The van der Waals surface area contributed by atoms with Crippen LogP contribution in [-0.4, -0.2) is 23.9 Å². The van der Waals surface area contributed by atoms with Gasteiger partial charge < -0.3 is 5.73 Å². The summed E-state index contributed by atoms with van der Waals surface area (Å²) in [4.78, 5) is 13.5. The first-order valence-corrected chi connectivity index (χ1v) is 6.26. The Balaban J connectivity index is 1.98. The van der Waals surface area contributed by atoms with Crippen LogP contribution in [0.25, 0.3) is 0 Å². The summed E-state index contributed by atoms with van der Waals surface area (Å²) in [5.74, 6) is 0.502. The lowest BCUT2D eigenvalue weighted by Crippen LogP contribution is -2.32. The predicted molar refractivity (Wildman–Crippen MR) is 68.6 cm³/mol. The van der Waals surface area contributed by atoms with Gasteiger partial charge in [-0.15, -0.1) is 0 Å². The summed E-state index contributed by atoms with van der Waals surface area (Å²) in [6, 6.07) is 7.64. The van der Waals surface area contributed by atoms with Gasteiger partial charge in [0.25, 0.3) is 0 Å². The normalized spacial score (nSPS) is 18.2. The number of piperidine rings is 1. The molecule has 2 N–H and O–H groups in total. The largest absolute Gasteiger partial charge is 0.366 e. The third kappa shape index (κ3) is 3.30. The van der Waals surface area contributed by atoms with Crippen molar-refractivity contribution in [2.24, 2.45) is 11.7 Å². The fraction of sp³-hybridized carbons (Fsp3) is 0.500. The molecular formula is C14H20N2O. The first kappa shape index (κ1) is 12.1. The molecule has 3 nitrogen and oxygen atoms in total. The Morgan fingerprint density at radius 2 is 2.12 bits per heavy atom. The van der Waals surface area contributed by atoms with E-state index in [4.69, 9.17) is 5.73 Å². The van der Waals surface area contributed by atoms with Crippen LogP contribution in [0.1, 0.15) is 35.7 Å². The zero-order valence-electron chi connectivity index (χ0n) is 10.4. The number of rotatable bonds is 3. The van der Waals surface area contributed by atoms with Crippen molar-refractivity contribution in [3.63, 3.8) is 0 Å². The van der Waals surface area contributed by atoms with Gasteiger partial charge in [-0.3, -0.25) is 9.69 Å². The van der Waals surface area contributed by atoms with E-state index in [-0.39, 0.29) is 5.91 Å². The molecule has 2 rings (SSSR count). The minimum Gasteiger partial charge on any atom is -0.366 e. The van der Waals surface area contributed by atoms with Crippen LogP contribution < -0.4 is 5.73 Å². The van der Waals surface area contributed by atoms with E-state index in [1.807, 2.05) is 12.1 Å². The molecule has 1 saturated heterocycles. The van der Waals surface area contributed by atoms with E-state index in [1.54, 1.807) is 6.07 Å². The maximum atomic E-state index is 11.1. The highest BCUT2D eigenvalue weighted by atomic mass is 16.1. The number of nitrogens with zero attached hydrogens (tertiary/aromatic N) is 1. The molecule has 1 aromatic rings. The first-order chi connectivity index (χ1) is 8.15. The Labute approximate surface area is 103 Å². The molecular weight excluding hydrogens is 212 g/mol. The Morgan fingerprint density at radius 3 is 2.76 bits per heavy atom. The number of carbonyl (C=O) groups excluding carboxylic acids is 1. The van der Waals surface area contributed by atoms with E-state index in [1.165, 1.54) is 18.4 Å². The number of primary amides is 1. The molecule has 0 bridgehead atoms. The molecule has 1 heterocycles. The second-order valence-corrected chi connectivity index (χ2v) is 5.02. The Bertz CT molecular complexity index is 395. The predicted octanol–water partition coefficient (Wildman–Crippen LogP) is 2.02. The summed E-state index contributed by atoms with van der Waals surface area (Å²) in [5.41, 5.74) is 7.06. The number of likely N-dealkylation sites (tertiary alicyclic amines) is 1. The summed E-state index contributed by atoms with van der Waals surface area (Å²) in [6.45, 7) is 5.54. The molecule has 3 heteroatoms. The van der Waals surface area contributed by atoms with Gasteiger partial charge in [0.05, 0.1) is 0 Å². The van der Waals surface area contributed by atoms with Gasteiger partial charge in [-0.05, 0) is 49.5 Å². The summed E-state index contributed by atoms with van der Waals surface area (Å²) in [6.07, 6.45) is 2.55. The zero-order chi connectivity index (χ0) is 12.3. The van der Waals surface area contributed by atoms with Crippen molar-refractivity contribution in [2.75, 3.05) is 13.1 Å². The molecule has 0 spiro atoms. The lowest BCUT2D eigenvalue weighted by molar-refractivity contribution is 0.1000. The Kier molecular flexibility index (Phi) is 3.79.